The number of hydrogen-bond acceptors (Lipinski definition) is 4. The van der Waals surface area contributed by atoms with Crippen molar-refractivity contribution in [3.05, 3.63) is 29.8 Å². The summed E-state index contributed by atoms with van der Waals surface area (Å²) in [5, 5.41) is 9.62. The van der Waals surface area contributed by atoms with E-state index in [2.05, 4.69) is 24.8 Å². The van der Waals surface area contributed by atoms with Crippen LogP contribution in [0.25, 0.3) is 0 Å². The first kappa shape index (κ1) is 17.3. The fraction of sp³-hybridized carbons (Fsp3) is 0.667. The molecule has 1 aromatic carbocycles. The van der Waals surface area contributed by atoms with E-state index in [1.54, 1.807) is 6.07 Å². The lowest BCUT2D eigenvalue weighted by atomic mass is 10.1. The molecule has 1 heterocycles. The molecule has 0 aromatic heterocycles. The molecule has 1 N–H and O–H groups in total. The molecule has 2 rings (SSSR count). The molecule has 0 amide bonds. The summed E-state index contributed by atoms with van der Waals surface area (Å²) in [5.74, 6) is 0.332. The number of aromatic hydroxyl groups is 1. The molecule has 2 atom stereocenters. The van der Waals surface area contributed by atoms with Gasteiger partial charge >= 0.3 is 0 Å². The van der Waals surface area contributed by atoms with Crippen molar-refractivity contribution in [3.8, 4) is 5.75 Å². The average molecular weight is 307 g/mol. The molecule has 1 saturated heterocycles. The second-order valence-corrected chi connectivity index (χ2v) is 5.92. The molecule has 124 valence electrons. The van der Waals surface area contributed by atoms with Crippen molar-refractivity contribution < 1.29 is 14.6 Å². The lowest BCUT2D eigenvalue weighted by Gasteiger charge is -2.29. The summed E-state index contributed by atoms with van der Waals surface area (Å²) in [6.45, 7) is 7.90. The summed E-state index contributed by atoms with van der Waals surface area (Å²) >= 11 is 0. The number of phenolic OH excluding ortho intramolecular Hbond substituents is 1. The zero-order valence-electron chi connectivity index (χ0n) is 13.8. The summed E-state index contributed by atoms with van der Waals surface area (Å²) in [5.41, 5.74) is 1.15. The maximum Gasteiger partial charge on any atom is 0.157 e. The molecule has 4 heteroatoms. The van der Waals surface area contributed by atoms with Crippen LogP contribution in [-0.2, 0) is 9.47 Å². The van der Waals surface area contributed by atoms with Crippen molar-refractivity contribution in [1.29, 1.82) is 0 Å². The van der Waals surface area contributed by atoms with Crippen LogP contribution in [-0.4, -0.2) is 42.6 Å². The van der Waals surface area contributed by atoms with Crippen LogP contribution in [0.15, 0.2) is 24.3 Å². The minimum atomic E-state index is 0.00678. The van der Waals surface area contributed by atoms with Crippen LogP contribution >= 0.6 is 0 Å². The van der Waals surface area contributed by atoms with E-state index in [4.69, 9.17) is 9.47 Å². The number of rotatable bonds is 8. The van der Waals surface area contributed by atoms with Gasteiger partial charge in [0.25, 0.3) is 0 Å². The topological polar surface area (TPSA) is 41.9 Å². The molecule has 0 unspecified atom stereocenters. The van der Waals surface area contributed by atoms with Crippen LogP contribution in [0.2, 0.25) is 0 Å². The Morgan fingerprint density at radius 2 is 2.27 bits per heavy atom. The lowest BCUT2D eigenvalue weighted by molar-refractivity contribution is -0.163. The van der Waals surface area contributed by atoms with E-state index in [-0.39, 0.29) is 6.29 Å². The van der Waals surface area contributed by atoms with Gasteiger partial charge in [-0.2, -0.15) is 0 Å². The fourth-order valence-corrected chi connectivity index (χ4v) is 2.95. The minimum absolute atomic E-state index is 0.00678. The zero-order chi connectivity index (χ0) is 15.8. The molecular formula is C18H29NO3. The van der Waals surface area contributed by atoms with E-state index < -0.39 is 0 Å². The highest BCUT2D eigenvalue weighted by Gasteiger charge is 2.16. The molecule has 1 aromatic rings. The summed E-state index contributed by atoms with van der Waals surface area (Å²) < 4.78 is 11.4. The molecule has 4 nitrogen and oxygen atoms in total. The van der Waals surface area contributed by atoms with Gasteiger partial charge in [0.15, 0.2) is 6.29 Å². The number of benzene rings is 1. The van der Waals surface area contributed by atoms with Gasteiger partial charge in [-0.3, -0.25) is 4.90 Å². The molecule has 22 heavy (non-hydrogen) atoms. The number of ether oxygens (including phenoxy) is 2. The van der Waals surface area contributed by atoms with Gasteiger partial charge < -0.3 is 14.6 Å². The lowest BCUT2D eigenvalue weighted by Crippen LogP contribution is -2.29. The number of nitrogens with zero attached hydrogens (tertiary/aromatic N) is 1. The standard InChI is InChI=1S/C18H29NO3/c1-3-19(15(2)16-8-6-9-17(20)14-16)11-7-13-22-18-10-4-5-12-21-18/h6,8-9,14-15,18,20H,3-5,7,10-13H2,1-2H3/t15-,18-/m1/s1. The van der Waals surface area contributed by atoms with Crippen LogP contribution in [0, 0.1) is 0 Å². The molecular weight excluding hydrogens is 278 g/mol. The third-order valence-corrected chi connectivity index (χ3v) is 4.34. The summed E-state index contributed by atoms with van der Waals surface area (Å²) in [7, 11) is 0. The predicted molar refractivity (Wildman–Crippen MR) is 87.9 cm³/mol. The summed E-state index contributed by atoms with van der Waals surface area (Å²) in [6, 6.07) is 7.82. The maximum atomic E-state index is 9.62. The van der Waals surface area contributed by atoms with E-state index in [1.807, 2.05) is 12.1 Å². The van der Waals surface area contributed by atoms with Gasteiger partial charge in [-0.05, 0) is 56.8 Å². The van der Waals surface area contributed by atoms with Gasteiger partial charge in [0, 0.05) is 19.2 Å². The van der Waals surface area contributed by atoms with E-state index >= 15 is 0 Å². The highest BCUT2D eigenvalue weighted by molar-refractivity contribution is 5.29. The number of hydrogen-bond donors (Lipinski definition) is 1. The number of phenols is 1. The zero-order valence-corrected chi connectivity index (χ0v) is 13.8. The Bertz CT molecular complexity index is 432. The van der Waals surface area contributed by atoms with Crippen molar-refractivity contribution in [2.75, 3.05) is 26.3 Å². The Morgan fingerprint density at radius 1 is 1.41 bits per heavy atom. The van der Waals surface area contributed by atoms with E-state index in [9.17, 15) is 5.11 Å². The Kier molecular flexibility index (Phi) is 7.16. The molecule has 1 fully saturated rings. The molecule has 0 aliphatic carbocycles. The molecule has 1 aliphatic heterocycles. The monoisotopic (exact) mass is 307 g/mol. The van der Waals surface area contributed by atoms with Gasteiger partial charge in [0.05, 0.1) is 6.61 Å². The Morgan fingerprint density at radius 3 is 2.95 bits per heavy atom. The molecule has 0 spiro atoms. The second kappa shape index (κ2) is 9.13. The summed E-state index contributed by atoms with van der Waals surface area (Å²) in [4.78, 5) is 2.40. The van der Waals surface area contributed by atoms with Gasteiger partial charge in [0.1, 0.15) is 5.75 Å². The first-order valence-corrected chi connectivity index (χ1v) is 8.47. The van der Waals surface area contributed by atoms with Gasteiger partial charge in [0.2, 0.25) is 0 Å². The Hall–Kier alpha value is -1.10. The third kappa shape index (κ3) is 5.27. The van der Waals surface area contributed by atoms with Gasteiger partial charge in [-0.1, -0.05) is 19.1 Å². The first-order chi connectivity index (χ1) is 10.7. The van der Waals surface area contributed by atoms with Crippen molar-refractivity contribution >= 4 is 0 Å². The smallest absolute Gasteiger partial charge is 0.157 e. The summed E-state index contributed by atoms with van der Waals surface area (Å²) in [6.07, 6.45) is 4.39. The van der Waals surface area contributed by atoms with Crippen LogP contribution in [0.1, 0.15) is 51.1 Å². The molecule has 0 radical (unpaired) electrons. The second-order valence-electron chi connectivity index (χ2n) is 5.92. The minimum Gasteiger partial charge on any atom is -0.508 e. The van der Waals surface area contributed by atoms with Crippen molar-refractivity contribution in [3.63, 3.8) is 0 Å². The van der Waals surface area contributed by atoms with E-state index in [1.165, 1.54) is 6.42 Å². The van der Waals surface area contributed by atoms with Crippen LogP contribution in [0.3, 0.4) is 0 Å². The fourth-order valence-electron chi connectivity index (χ4n) is 2.95. The van der Waals surface area contributed by atoms with E-state index in [0.29, 0.717) is 11.8 Å². The maximum absolute atomic E-state index is 9.62. The van der Waals surface area contributed by atoms with Crippen molar-refractivity contribution in [2.45, 2.75) is 51.9 Å². The normalized spacial score (nSPS) is 20.2. The molecule has 1 aliphatic rings. The van der Waals surface area contributed by atoms with Gasteiger partial charge in [-0.15, -0.1) is 0 Å². The van der Waals surface area contributed by atoms with Gasteiger partial charge in [-0.25, -0.2) is 0 Å². The SMILES string of the molecule is CCN(CCCO[C@@H]1CCCCO1)[C@H](C)c1cccc(O)c1. The Labute approximate surface area is 134 Å². The van der Waals surface area contributed by atoms with Crippen LogP contribution < -0.4 is 0 Å². The van der Waals surface area contributed by atoms with Crippen molar-refractivity contribution in [1.82, 2.24) is 4.90 Å². The average Bonchev–Trinajstić information content (AvgIpc) is 2.55. The molecule has 0 saturated carbocycles. The Balaban J connectivity index is 1.74. The van der Waals surface area contributed by atoms with Crippen molar-refractivity contribution in [2.24, 2.45) is 0 Å². The molecule has 0 bridgehead atoms. The third-order valence-electron chi connectivity index (χ3n) is 4.34. The van der Waals surface area contributed by atoms with Crippen LogP contribution in [0.4, 0.5) is 0 Å². The van der Waals surface area contributed by atoms with E-state index in [0.717, 1.165) is 51.1 Å². The highest BCUT2D eigenvalue weighted by atomic mass is 16.7. The first-order valence-electron chi connectivity index (χ1n) is 8.47. The van der Waals surface area contributed by atoms with Crippen LogP contribution in [0.5, 0.6) is 5.75 Å². The largest absolute Gasteiger partial charge is 0.508 e. The highest BCUT2D eigenvalue weighted by Crippen LogP contribution is 2.23. The predicted octanol–water partition coefficient (Wildman–Crippen LogP) is 3.71. The quantitative estimate of drug-likeness (QED) is 0.743.